The average molecular weight is 315 g/mol. The fourth-order valence-corrected chi connectivity index (χ4v) is 2.79. The van der Waals surface area contributed by atoms with Gasteiger partial charge in [-0.2, -0.15) is 0 Å². The lowest BCUT2D eigenvalue weighted by molar-refractivity contribution is 0.0916. The Bertz CT molecular complexity index is 662. The molecule has 0 saturated heterocycles. The van der Waals surface area contributed by atoms with Crippen LogP contribution < -0.4 is 5.32 Å². The van der Waals surface area contributed by atoms with Gasteiger partial charge in [0.25, 0.3) is 5.91 Å². The molecule has 5 heteroatoms. The maximum absolute atomic E-state index is 12.6. The second-order valence-electron chi connectivity index (χ2n) is 6.14. The smallest absolute Gasteiger partial charge is 0.253 e. The second kappa shape index (κ2) is 7.42. The number of aliphatic hydroxyl groups is 1. The molecule has 2 aromatic rings. The van der Waals surface area contributed by atoms with Crippen LogP contribution >= 0.6 is 0 Å². The lowest BCUT2D eigenvalue weighted by atomic mass is 10.0. The van der Waals surface area contributed by atoms with Crippen LogP contribution in [0.15, 0.2) is 30.5 Å². The summed E-state index contributed by atoms with van der Waals surface area (Å²) in [5.41, 5.74) is 2.48. The Balaban J connectivity index is 2.29. The van der Waals surface area contributed by atoms with Gasteiger partial charge in [-0.15, -0.1) is 0 Å². The van der Waals surface area contributed by atoms with Crippen molar-refractivity contribution in [1.82, 2.24) is 14.9 Å². The molecule has 1 atom stereocenters. The van der Waals surface area contributed by atoms with Gasteiger partial charge < -0.3 is 15.0 Å². The average Bonchev–Trinajstić information content (AvgIpc) is 2.82. The number of amides is 1. The maximum Gasteiger partial charge on any atom is 0.253 e. The predicted octanol–water partition coefficient (Wildman–Crippen LogP) is 2.63. The van der Waals surface area contributed by atoms with Crippen molar-refractivity contribution >= 4 is 5.91 Å². The summed E-state index contributed by atoms with van der Waals surface area (Å²) in [5.74, 6) is 0.968. The highest BCUT2D eigenvalue weighted by Crippen LogP contribution is 2.20. The standard InChI is InChI=1S/C18H25N3O2/c1-12(2)16(8-10-22)20-18(23)15-11-13(3)21(14(15)4)17-7-5-6-9-19-17/h5-7,9,11-12,16,22H,8,10H2,1-4H3,(H,20,23). The van der Waals surface area contributed by atoms with E-state index in [1.54, 1.807) is 6.20 Å². The minimum Gasteiger partial charge on any atom is -0.396 e. The number of rotatable bonds is 6. The topological polar surface area (TPSA) is 67.2 Å². The molecule has 2 N–H and O–H groups in total. The molecule has 0 aliphatic rings. The van der Waals surface area contributed by atoms with Gasteiger partial charge in [-0.3, -0.25) is 4.79 Å². The van der Waals surface area contributed by atoms with Gasteiger partial charge in [0.2, 0.25) is 0 Å². The molecule has 5 nitrogen and oxygen atoms in total. The van der Waals surface area contributed by atoms with E-state index in [0.717, 1.165) is 17.2 Å². The maximum atomic E-state index is 12.6. The molecule has 0 aliphatic heterocycles. The van der Waals surface area contributed by atoms with Crippen LogP contribution in [0.25, 0.3) is 5.82 Å². The minimum absolute atomic E-state index is 0.0367. The third kappa shape index (κ3) is 3.79. The number of carbonyl (C=O) groups excluding carboxylic acids is 1. The van der Waals surface area contributed by atoms with Gasteiger partial charge >= 0.3 is 0 Å². The van der Waals surface area contributed by atoms with Crippen molar-refractivity contribution in [1.29, 1.82) is 0 Å². The van der Waals surface area contributed by atoms with Crippen LogP contribution in [0.1, 0.15) is 42.0 Å². The number of aliphatic hydroxyl groups excluding tert-OH is 1. The van der Waals surface area contributed by atoms with E-state index in [-0.39, 0.29) is 24.5 Å². The summed E-state index contributed by atoms with van der Waals surface area (Å²) in [6.07, 6.45) is 2.30. The van der Waals surface area contributed by atoms with E-state index >= 15 is 0 Å². The molecule has 1 unspecified atom stereocenters. The Hall–Kier alpha value is -2.14. The van der Waals surface area contributed by atoms with Crippen molar-refractivity contribution < 1.29 is 9.90 Å². The molecule has 0 radical (unpaired) electrons. The number of hydrogen-bond acceptors (Lipinski definition) is 3. The zero-order valence-electron chi connectivity index (χ0n) is 14.2. The Kier molecular flexibility index (Phi) is 5.55. The van der Waals surface area contributed by atoms with E-state index in [0.29, 0.717) is 12.0 Å². The first-order valence-electron chi connectivity index (χ1n) is 7.97. The zero-order valence-corrected chi connectivity index (χ0v) is 14.2. The highest BCUT2D eigenvalue weighted by atomic mass is 16.3. The summed E-state index contributed by atoms with van der Waals surface area (Å²) in [4.78, 5) is 17.0. The molecule has 0 spiro atoms. The van der Waals surface area contributed by atoms with Gasteiger partial charge in [0, 0.05) is 30.2 Å². The fraction of sp³-hybridized carbons (Fsp3) is 0.444. The van der Waals surface area contributed by atoms with Crippen molar-refractivity contribution in [2.75, 3.05) is 6.61 Å². The number of aromatic nitrogens is 2. The van der Waals surface area contributed by atoms with Gasteiger partial charge in [-0.05, 0) is 44.4 Å². The van der Waals surface area contributed by atoms with Crippen LogP contribution in [0.5, 0.6) is 0 Å². The van der Waals surface area contributed by atoms with E-state index in [4.69, 9.17) is 5.11 Å². The SMILES string of the molecule is Cc1cc(C(=O)NC(CCO)C(C)C)c(C)n1-c1ccccn1. The van der Waals surface area contributed by atoms with Crippen LogP contribution in [-0.4, -0.2) is 33.2 Å². The van der Waals surface area contributed by atoms with Gasteiger partial charge in [-0.1, -0.05) is 19.9 Å². The monoisotopic (exact) mass is 315 g/mol. The number of nitrogens with zero attached hydrogens (tertiary/aromatic N) is 2. The fourth-order valence-electron chi connectivity index (χ4n) is 2.79. The van der Waals surface area contributed by atoms with Crippen LogP contribution in [-0.2, 0) is 0 Å². The molecule has 0 bridgehead atoms. The van der Waals surface area contributed by atoms with Crippen molar-refractivity contribution in [3.05, 3.63) is 47.4 Å². The third-order valence-electron chi connectivity index (χ3n) is 4.12. The quantitative estimate of drug-likeness (QED) is 0.861. The van der Waals surface area contributed by atoms with Crippen molar-refractivity contribution in [3.63, 3.8) is 0 Å². The van der Waals surface area contributed by atoms with Crippen molar-refractivity contribution in [2.24, 2.45) is 5.92 Å². The predicted molar refractivity (Wildman–Crippen MR) is 90.8 cm³/mol. The molecule has 0 aromatic carbocycles. The van der Waals surface area contributed by atoms with Crippen LogP contribution in [0.4, 0.5) is 0 Å². The first-order valence-corrected chi connectivity index (χ1v) is 7.97. The summed E-state index contributed by atoms with van der Waals surface area (Å²) >= 11 is 0. The van der Waals surface area contributed by atoms with Gasteiger partial charge in [0.15, 0.2) is 0 Å². The Labute approximate surface area is 137 Å². The lowest BCUT2D eigenvalue weighted by Gasteiger charge is -2.21. The van der Waals surface area contributed by atoms with E-state index < -0.39 is 0 Å². The highest BCUT2D eigenvalue weighted by Gasteiger charge is 2.21. The molecule has 0 aliphatic carbocycles. The summed E-state index contributed by atoms with van der Waals surface area (Å²) in [6.45, 7) is 8.03. The molecular formula is C18H25N3O2. The minimum atomic E-state index is -0.104. The number of nitrogens with one attached hydrogen (secondary N) is 1. The lowest BCUT2D eigenvalue weighted by Crippen LogP contribution is -2.39. The zero-order chi connectivity index (χ0) is 17.0. The largest absolute Gasteiger partial charge is 0.396 e. The van der Waals surface area contributed by atoms with Gasteiger partial charge in [0.05, 0.1) is 5.56 Å². The Morgan fingerprint density at radius 3 is 2.65 bits per heavy atom. The van der Waals surface area contributed by atoms with E-state index in [9.17, 15) is 4.79 Å². The van der Waals surface area contributed by atoms with Crippen LogP contribution in [0.3, 0.4) is 0 Å². The number of hydrogen-bond donors (Lipinski definition) is 2. The summed E-state index contributed by atoms with van der Waals surface area (Å²) < 4.78 is 1.98. The molecule has 2 aromatic heterocycles. The molecular weight excluding hydrogens is 290 g/mol. The van der Waals surface area contributed by atoms with Gasteiger partial charge in [0.1, 0.15) is 5.82 Å². The van der Waals surface area contributed by atoms with E-state index in [1.807, 2.05) is 56.5 Å². The molecule has 1 amide bonds. The van der Waals surface area contributed by atoms with E-state index in [1.165, 1.54) is 0 Å². The molecule has 124 valence electrons. The molecule has 0 saturated carbocycles. The Morgan fingerprint density at radius 1 is 1.35 bits per heavy atom. The van der Waals surface area contributed by atoms with Gasteiger partial charge in [-0.25, -0.2) is 4.98 Å². The molecule has 2 rings (SSSR count). The normalized spacial score (nSPS) is 12.4. The molecule has 2 heterocycles. The summed E-state index contributed by atoms with van der Waals surface area (Å²) in [6, 6.07) is 7.56. The first kappa shape index (κ1) is 17.2. The molecule has 23 heavy (non-hydrogen) atoms. The van der Waals surface area contributed by atoms with Crippen molar-refractivity contribution in [3.8, 4) is 5.82 Å². The van der Waals surface area contributed by atoms with Crippen molar-refractivity contribution in [2.45, 2.75) is 40.2 Å². The third-order valence-corrected chi connectivity index (χ3v) is 4.12. The number of carbonyl (C=O) groups is 1. The first-order chi connectivity index (χ1) is 11.0. The summed E-state index contributed by atoms with van der Waals surface area (Å²) in [5, 5.41) is 12.2. The van der Waals surface area contributed by atoms with Crippen LogP contribution in [0.2, 0.25) is 0 Å². The number of pyridine rings is 1. The summed E-state index contributed by atoms with van der Waals surface area (Å²) in [7, 11) is 0. The Morgan fingerprint density at radius 2 is 2.09 bits per heavy atom. The van der Waals surface area contributed by atoms with E-state index in [2.05, 4.69) is 10.3 Å². The molecule has 0 fully saturated rings. The second-order valence-corrected chi connectivity index (χ2v) is 6.14. The van der Waals surface area contributed by atoms with Crippen LogP contribution in [0, 0.1) is 19.8 Å². The number of aryl methyl sites for hydroxylation is 1. The highest BCUT2D eigenvalue weighted by molar-refractivity contribution is 5.96.